The highest BCUT2D eigenvalue weighted by molar-refractivity contribution is 6.03. The number of nitrogen functional groups attached to an aromatic ring is 1. The summed E-state index contributed by atoms with van der Waals surface area (Å²) in [6, 6.07) is 4.54. The minimum atomic E-state index is -0.553. The van der Waals surface area contributed by atoms with E-state index in [1.165, 1.54) is 18.5 Å². The molecule has 2 rings (SSSR count). The van der Waals surface area contributed by atoms with E-state index in [2.05, 4.69) is 15.3 Å². The zero-order valence-corrected chi connectivity index (χ0v) is 9.64. The van der Waals surface area contributed by atoms with Crippen LogP contribution in [0.2, 0.25) is 0 Å². The highest BCUT2D eigenvalue weighted by atomic mass is 19.1. The van der Waals surface area contributed by atoms with E-state index < -0.39 is 11.7 Å². The van der Waals surface area contributed by atoms with Crippen LogP contribution in [0.15, 0.2) is 30.6 Å². The molecule has 0 aliphatic rings. The van der Waals surface area contributed by atoms with Gasteiger partial charge in [-0.2, -0.15) is 0 Å². The summed E-state index contributed by atoms with van der Waals surface area (Å²) in [5.41, 5.74) is 6.22. The van der Waals surface area contributed by atoms with Crippen molar-refractivity contribution in [3.8, 4) is 0 Å². The van der Waals surface area contributed by atoms with Gasteiger partial charge in [0, 0.05) is 0 Å². The summed E-state index contributed by atoms with van der Waals surface area (Å²) < 4.78 is 13.5. The minimum Gasteiger partial charge on any atom is -0.382 e. The number of aryl methyl sites for hydroxylation is 1. The SMILES string of the molecule is Cc1cccc(F)c1NC(=O)c1cncc(N)n1. The van der Waals surface area contributed by atoms with E-state index in [9.17, 15) is 9.18 Å². The molecule has 1 aromatic carbocycles. The van der Waals surface area contributed by atoms with Crippen LogP contribution in [0.1, 0.15) is 16.1 Å². The number of nitrogens with two attached hydrogens (primary N) is 1. The molecule has 1 heterocycles. The zero-order valence-electron chi connectivity index (χ0n) is 9.64. The average molecular weight is 246 g/mol. The molecule has 5 nitrogen and oxygen atoms in total. The Labute approximate surface area is 103 Å². The van der Waals surface area contributed by atoms with Crippen molar-refractivity contribution in [3.63, 3.8) is 0 Å². The number of nitrogens with one attached hydrogen (secondary N) is 1. The topological polar surface area (TPSA) is 80.9 Å². The zero-order chi connectivity index (χ0) is 13.1. The summed E-state index contributed by atoms with van der Waals surface area (Å²) in [5, 5.41) is 2.45. The summed E-state index contributed by atoms with van der Waals surface area (Å²) >= 11 is 0. The average Bonchev–Trinajstić information content (AvgIpc) is 2.34. The Morgan fingerprint density at radius 2 is 2.17 bits per heavy atom. The second-order valence-corrected chi connectivity index (χ2v) is 3.72. The van der Waals surface area contributed by atoms with Gasteiger partial charge in [-0.1, -0.05) is 12.1 Å². The van der Waals surface area contributed by atoms with E-state index in [0.717, 1.165) is 0 Å². The third kappa shape index (κ3) is 2.42. The molecular formula is C12H11FN4O. The molecule has 0 spiro atoms. The van der Waals surface area contributed by atoms with E-state index in [-0.39, 0.29) is 17.2 Å². The first-order valence-electron chi connectivity index (χ1n) is 5.22. The minimum absolute atomic E-state index is 0.0395. The van der Waals surface area contributed by atoms with E-state index in [1.807, 2.05) is 0 Å². The molecule has 0 atom stereocenters. The monoisotopic (exact) mass is 246 g/mol. The lowest BCUT2D eigenvalue weighted by Crippen LogP contribution is -2.16. The second-order valence-electron chi connectivity index (χ2n) is 3.72. The second kappa shape index (κ2) is 4.79. The molecule has 6 heteroatoms. The van der Waals surface area contributed by atoms with Crippen molar-refractivity contribution >= 4 is 17.4 Å². The molecule has 18 heavy (non-hydrogen) atoms. The smallest absolute Gasteiger partial charge is 0.276 e. The number of carbonyl (C=O) groups is 1. The van der Waals surface area contributed by atoms with Crippen molar-refractivity contribution in [1.82, 2.24) is 9.97 Å². The van der Waals surface area contributed by atoms with Gasteiger partial charge >= 0.3 is 0 Å². The summed E-state index contributed by atoms with van der Waals surface area (Å²) in [4.78, 5) is 19.4. The number of hydrogen-bond donors (Lipinski definition) is 2. The number of aromatic nitrogens is 2. The number of halogens is 1. The van der Waals surface area contributed by atoms with Gasteiger partial charge in [-0.15, -0.1) is 0 Å². The van der Waals surface area contributed by atoms with Crippen LogP contribution in [-0.2, 0) is 0 Å². The van der Waals surface area contributed by atoms with E-state index >= 15 is 0 Å². The Bertz CT molecular complexity index is 580. The normalized spacial score (nSPS) is 10.1. The van der Waals surface area contributed by atoms with Gasteiger partial charge in [0.25, 0.3) is 5.91 Å². The third-order valence-corrected chi connectivity index (χ3v) is 2.35. The van der Waals surface area contributed by atoms with Gasteiger partial charge in [0.15, 0.2) is 0 Å². The fraction of sp³-hybridized carbons (Fsp3) is 0.0833. The number of benzene rings is 1. The Morgan fingerprint density at radius 1 is 1.39 bits per heavy atom. The summed E-state index contributed by atoms with van der Waals surface area (Å²) in [6.07, 6.45) is 2.59. The lowest BCUT2D eigenvalue weighted by molar-refractivity contribution is 0.102. The van der Waals surface area contributed by atoms with Crippen LogP contribution in [0.3, 0.4) is 0 Å². The van der Waals surface area contributed by atoms with Crippen LogP contribution in [0.25, 0.3) is 0 Å². The van der Waals surface area contributed by atoms with E-state index in [0.29, 0.717) is 5.56 Å². The maximum absolute atomic E-state index is 13.5. The molecule has 0 bridgehead atoms. The number of hydrogen-bond acceptors (Lipinski definition) is 4. The number of amides is 1. The predicted molar refractivity (Wildman–Crippen MR) is 65.5 cm³/mol. The maximum Gasteiger partial charge on any atom is 0.276 e. The Balaban J connectivity index is 2.27. The molecular weight excluding hydrogens is 235 g/mol. The molecule has 0 aliphatic carbocycles. The quantitative estimate of drug-likeness (QED) is 0.846. The predicted octanol–water partition coefficient (Wildman–Crippen LogP) is 1.76. The molecule has 2 aromatic rings. The van der Waals surface area contributed by atoms with Crippen LogP contribution in [0, 0.1) is 12.7 Å². The van der Waals surface area contributed by atoms with Crippen LogP contribution >= 0.6 is 0 Å². The lowest BCUT2D eigenvalue weighted by Gasteiger charge is -2.08. The first-order valence-corrected chi connectivity index (χ1v) is 5.22. The first kappa shape index (κ1) is 12.0. The fourth-order valence-electron chi connectivity index (χ4n) is 1.46. The van der Waals surface area contributed by atoms with Crippen LogP contribution in [-0.4, -0.2) is 15.9 Å². The first-order chi connectivity index (χ1) is 8.58. The molecule has 0 unspecified atom stereocenters. The van der Waals surface area contributed by atoms with Gasteiger partial charge in [-0.05, 0) is 18.6 Å². The van der Waals surface area contributed by atoms with Crippen molar-refractivity contribution in [2.75, 3.05) is 11.1 Å². The summed E-state index contributed by atoms with van der Waals surface area (Å²) in [5.74, 6) is -0.920. The van der Waals surface area contributed by atoms with Crippen molar-refractivity contribution in [3.05, 3.63) is 47.7 Å². The standard InChI is InChI=1S/C12H11FN4O/c1-7-3-2-4-8(13)11(7)17-12(18)9-5-15-6-10(14)16-9/h2-6H,1H3,(H2,14,16)(H,17,18). The number of para-hydroxylation sites is 1. The number of anilines is 2. The highest BCUT2D eigenvalue weighted by Crippen LogP contribution is 2.19. The van der Waals surface area contributed by atoms with E-state index in [4.69, 9.17) is 5.73 Å². The molecule has 0 fully saturated rings. The maximum atomic E-state index is 13.5. The molecule has 0 saturated carbocycles. The van der Waals surface area contributed by atoms with Gasteiger partial charge in [-0.3, -0.25) is 9.78 Å². The molecule has 92 valence electrons. The Kier molecular flexibility index (Phi) is 3.18. The number of carbonyl (C=O) groups excluding carboxylic acids is 1. The molecule has 0 radical (unpaired) electrons. The van der Waals surface area contributed by atoms with Crippen molar-refractivity contribution in [2.45, 2.75) is 6.92 Å². The molecule has 1 amide bonds. The molecule has 0 saturated heterocycles. The molecule has 1 aromatic heterocycles. The van der Waals surface area contributed by atoms with Gasteiger partial charge in [0.1, 0.15) is 17.3 Å². The van der Waals surface area contributed by atoms with E-state index in [1.54, 1.807) is 19.1 Å². The largest absolute Gasteiger partial charge is 0.382 e. The van der Waals surface area contributed by atoms with Crippen LogP contribution in [0.4, 0.5) is 15.9 Å². The fourth-order valence-corrected chi connectivity index (χ4v) is 1.46. The highest BCUT2D eigenvalue weighted by Gasteiger charge is 2.12. The number of rotatable bonds is 2. The number of nitrogens with zero attached hydrogens (tertiary/aromatic N) is 2. The lowest BCUT2D eigenvalue weighted by atomic mass is 10.2. The summed E-state index contributed by atoms with van der Waals surface area (Å²) in [7, 11) is 0. The van der Waals surface area contributed by atoms with Crippen LogP contribution < -0.4 is 11.1 Å². The third-order valence-electron chi connectivity index (χ3n) is 2.35. The van der Waals surface area contributed by atoms with Gasteiger partial charge in [-0.25, -0.2) is 9.37 Å². The van der Waals surface area contributed by atoms with Crippen molar-refractivity contribution in [1.29, 1.82) is 0 Å². The Morgan fingerprint density at radius 3 is 2.83 bits per heavy atom. The van der Waals surface area contributed by atoms with Gasteiger partial charge < -0.3 is 11.1 Å². The van der Waals surface area contributed by atoms with Gasteiger partial charge in [0.05, 0.1) is 18.1 Å². The van der Waals surface area contributed by atoms with Crippen molar-refractivity contribution < 1.29 is 9.18 Å². The Hall–Kier alpha value is -2.50. The summed E-state index contributed by atoms with van der Waals surface area (Å²) in [6.45, 7) is 1.70. The van der Waals surface area contributed by atoms with Gasteiger partial charge in [0.2, 0.25) is 0 Å². The van der Waals surface area contributed by atoms with Crippen LogP contribution in [0.5, 0.6) is 0 Å². The molecule has 3 N–H and O–H groups in total. The molecule has 0 aliphatic heterocycles. The van der Waals surface area contributed by atoms with Crippen molar-refractivity contribution in [2.24, 2.45) is 0 Å².